The summed E-state index contributed by atoms with van der Waals surface area (Å²) in [5.41, 5.74) is 3.45. The Labute approximate surface area is 118 Å². The van der Waals surface area contributed by atoms with Crippen LogP contribution in [0.5, 0.6) is 5.75 Å². The van der Waals surface area contributed by atoms with Gasteiger partial charge in [-0.2, -0.15) is 0 Å². The first-order chi connectivity index (χ1) is 9.74. The van der Waals surface area contributed by atoms with Crippen molar-refractivity contribution in [2.45, 2.75) is 20.0 Å². The van der Waals surface area contributed by atoms with Gasteiger partial charge in [-0.15, -0.1) is 0 Å². The van der Waals surface area contributed by atoms with Crippen molar-refractivity contribution in [2.24, 2.45) is 0 Å². The molecular formula is C17H17NO2. The molecule has 0 atom stereocenters. The van der Waals surface area contributed by atoms with Gasteiger partial charge in [0.1, 0.15) is 5.75 Å². The van der Waals surface area contributed by atoms with Gasteiger partial charge in [0.05, 0.1) is 0 Å². The number of carbonyl (C=O) groups excluding carboxylic acids is 1. The maximum atomic E-state index is 12.2. The molecule has 0 bridgehead atoms. The van der Waals surface area contributed by atoms with Crippen LogP contribution in [0.2, 0.25) is 0 Å². The van der Waals surface area contributed by atoms with Crippen LogP contribution in [0.25, 0.3) is 0 Å². The number of carbonyl (C=O) groups is 1. The molecule has 3 nitrogen and oxygen atoms in total. The van der Waals surface area contributed by atoms with Crippen molar-refractivity contribution < 1.29 is 9.53 Å². The van der Waals surface area contributed by atoms with Gasteiger partial charge in [0.2, 0.25) is 0 Å². The largest absolute Gasteiger partial charge is 0.483 e. The number of nitrogens with zero attached hydrogens (tertiary/aromatic N) is 1. The maximum Gasteiger partial charge on any atom is 0.261 e. The van der Waals surface area contributed by atoms with Crippen LogP contribution in [0.1, 0.15) is 16.7 Å². The van der Waals surface area contributed by atoms with E-state index in [4.69, 9.17) is 4.74 Å². The van der Waals surface area contributed by atoms with E-state index in [1.807, 2.05) is 41.3 Å². The summed E-state index contributed by atoms with van der Waals surface area (Å²) in [6.07, 6.45) is 0. The van der Waals surface area contributed by atoms with Gasteiger partial charge in [0, 0.05) is 18.7 Å². The monoisotopic (exact) mass is 267 g/mol. The highest BCUT2D eigenvalue weighted by Crippen LogP contribution is 2.24. The highest BCUT2D eigenvalue weighted by Gasteiger charge is 2.21. The molecule has 20 heavy (non-hydrogen) atoms. The van der Waals surface area contributed by atoms with Crippen LogP contribution in [-0.4, -0.2) is 17.4 Å². The van der Waals surface area contributed by atoms with E-state index in [1.165, 1.54) is 11.1 Å². The van der Waals surface area contributed by atoms with E-state index in [2.05, 4.69) is 19.1 Å². The van der Waals surface area contributed by atoms with Crippen molar-refractivity contribution in [1.29, 1.82) is 0 Å². The van der Waals surface area contributed by atoms with E-state index in [0.717, 1.165) is 11.3 Å². The van der Waals surface area contributed by atoms with E-state index in [-0.39, 0.29) is 12.5 Å². The lowest BCUT2D eigenvalue weighted by Gasteiger charge is -2.21. The summed E-state index contributed by atoms with van der Waals surface area (Å²) >= 11 is 0. The molecule has 2 aromatic rings. The zero-order valence-corrected chi connectivity index (χ0v) is 11.5. The number of para-hydroxylation sites is 1. The van der Waals surface area contributed by atoms with E-state index >= 15 is 0 Å². The van der Waals surface area contributed by atoms with Crippen LogP contribution in [0.4, 0.5) is 0 Å². The van der Waals surface area contributed by atoms with Gasteiger partial charge in [-0.05, 0) is 24.1 Å². The maximum absolute atomic E-state index is 12.2. The smallest absolute Gasteiger partial charge is 0.261 e. The Morgan fingerprint density at radius 1 is 1.10 bits per heavy atom. The molecule has 0 N–H and O–H groups in total. The fourth-order valence-corrected chi connectivity index (χ4v) is 2.44. The Balaban J connectivity index is 1.86. The van der Waals surface area contributed by atoms with Crippen LogP contribution in [0.3, 0.4) is 0 Å². The zero-order chi connectivity index (χ0) is 13.9. The normalized spacial score (nSPS) is 14.4. The van der Waals surface area contributed by atoms with Gasteiger partial charge >= 0.3 is 0 Å². The Morgan fingerprint density at radius 3 is 2.70 bits per heavy atom. The zero-order valence-electron chi connectivity index (χ0n) is 11.5. The molecule has 1 heterocycles. The van der Waals surface area contributed by atoms with Crippen molar-refractivity contribution in [2.75, 3.05) is 6.61 Å². The molecule has 0 spiro atoms. The highest BCUT2D eigenvalue weighted by atomic mass is 16.5. The van der Waals surface area contributed by atoms with Crippen LogP contribution in [-0.2, 0) is 17.9 Å². The second-order valence-electron chi connectivity index (χ2n) is 5.07. The highest BCUT2D eigenvalue weighted by molar-refractivity contribution is 5.78. The number of ether oxygens (including phenoxy) is 1. The first-order valence-corrected chi connectivity index (χ1v) is 6.77. The molecule has 0 aromatic heterocycles. The molecule has 0 fully saturated rings. The van der Waals surface area contributed by atoms with Crippen molar-refractivity contribution in [3.63, 3.8) is 0 Å². The Hall–Kier alpha value is -2.29. The molecule has 0 saturated carbocycles. The molecule has 0 unspecified atom stereocenters. The van der Waals surface area contributed by atoms with Gasteiger partial charge in [-0.3, -0.25) is 4.79 Å². The van der Waals surface area contributed by atoms with Crippen molar-refractivity contribution >= 4 is 5.91 Å². The molecule has 1 amide bonds. The standard InChI is InChI=1S/C17H17NO2/c1-13-6-2-3-7-14(13)10-18-11-15-8-4-5-9-16(15)20-12-17(18)19/h2-9H,10-12H2,1H3. The van der Waals surface area contributed by atoms with Gasteiger partial charge in [-0.1, -0.05) is 42.5 Å². The Bertz CT molecular complexity index is 636. The lowest BCUT2D eigenvalue weighted by molar-refractivity contribution is -0.133. The lowest BCUT2D eigenvalue weighted by atomic mass is 10.1. The van der Waals surface area contributed by atoms with E-state index < -0.39 is 0 Å². The number of rotatable bonds is 2. The summed E-state index contributed by atoms with van der Waals surface area (Å²) in [5.74, 6) is 0.845. The molecule has 1 aliphatic heterocycles. The molecule has 102 valence electrons. The number of fused-ring (bicyclic) bond motifs is 1. The summed E-state index contributed by atoms with van der Waals surface area (Å²) in [4.78, 5) is 14.1. The third-order valence-electron chi connectivity index (χ3n) is 3.66. The van der Waals surface area contributed by atoms with E-state index in [9.17, 15) is 4.79 Å². The van der Waals surface area contributed by atoms with Crippen LogP contribution in [0, 0.1) is 6.92 Å². The average molecular weight is 267 g/mol. The number of amides is 1. The predicted molar refractivity (Wildman–Crippen MR) is 77.4 cm³/mol. The molecule has 2 aromatic carbocycles. The number of hydrogen-bond acceptors (Lipinski definition) is 2. The molecule has 0 radical (unpaired) electrons. The average Bonchev–Trinajstić information content (AvgIpc) is 2.62. The minimum absolute atomic E-state index is 0.0319. The topological polar surface area (TPSA) is 29.5 Å². The molecule has 3 rings (SSSR count). The quantitative estimate of drug-likeness (QED) is 0.837. The Kier molecular flexibility index (Phi) is 3.42. The van der Waals surface area contributed by atoms with Gasteiger partial charge in [0.15, 0.2) is 6.61 Å². The summed E-state index contributed by atoms with van der Waals surface area (Å²) in [6, 6.07) is 16.0. The van der Waals surface area contributed by atoms with Gasteiger partial charge in [0.25, 0.3) is 5.91 Å². The second kappa shape index (κ2) is 5.37. The van der Waals surface area contributed by atoms with Gasteiger partial charge in [-0.25, -0.2) is 0 Å². The second-order valence-corrected chi connectivity index (χ2v) is 5.07. The van der Waals surface area contributed by atoms with Crippen LogP contribution >= 0.6 is 0 Å². The molecular weight excluding hydrogens is 250 g/mol. The molecule has 1 aliphatic rings. The predicted octanol–water partition coefficient (Wildman–Crippen LogP) is 2.92. The summed E-state index contributed by atoms with van der Waals surface area (Å²) in [5, 5.41) is 0. The van der Waals surface area contributed by atoms with Crippen molar-refractivity contribution in [3.05, 3.63) is 65.2 Å². The number of aryl methyl sites for hydroxylation is 1. The minimum atomic E-state index is 0.0319. The lowest BCUT2D eigenvalue weighted by Crippen LogP contribution is -2.32. The first kappa shape index (κ1) is 12.7. The first-order valence-electron chi connectivity index (χ1n) is 6.77. The molecule has 0 saturated heterocycles. The fraction of sp³-hybridized carbons (Fsp3) is 0.235. The van der Waals surface area contributed by atoms with Gasteiger partial charge < -0.3 is 9.64 Å². The SMILES string of the molecule is Cc1ccccc1CN1Cc2ccccc2OCC1=O. The summed E-state index contributed by atoms with van der Waals surface area (Å²) in [7, 11) is 0. The third-order valence-corrected chi connectivity index (χ3v) is 3.66. The number of hydrogen-bond donors (Lipinski definition) is 0. The molecule has 0 aliphatic carbocycles. The van der Waals surface area contributed by atoms with E-state index in [1.54, 1.807) is 0 Å². The minimum Gasteiger partial charge on any atom is -0.483 e. The molecule has 3 heteroatoms. The van der Waals surface area contributed by atoms with Crippen LogP contribution < -0.4 is 4.74 Å². The third kappa shape index (κ3) is 2.52. The summed E-state index contributed by atoms with van der Waals surface area (Å²) in [6.45, 7) is 3.41. The van der Waals surface area contributed by atoms with E-state index in [0.29, 0.717) is 13.1 Å². The van der Waals surface area contributed by atoms with Crippen molar-refractivity contribution in [3.8, 4) is 5.75 Å². The fourth-order valence-electron chi connectivity index (χ4n) is 2.44. The van der Waals surface area contributed by atoms with Crippen LogP contribution in [0.15, 0.2) is 48.5 Å². The van der Waals surface area contributed by atoms with Crippen molar-refractivity contribution in [1.82, 2.24) is 4.90 Å². The summed E-state index contributed by atoms with van der Waals surface area (Å²) < 4.78 is 5.57. The number of benzene rings is 2. The Morgan fingerprint density at radius 2 is 1.85 bits per heavy atom.